The van der Waals surface area contributed by atoms with Crippen LogP contribution in [-0.4, -0.2) is 25.4 Å². The average Bonchev–Trinajstić information content (AvgIpc) is 2.55. The van der Waals surface area contributed by atoms with Gasteiger partial charge in [0.15, 0.2) is 0 Å². The zero-order valence-electron chi connectivity index (χ0n) is 8.68. The van der Waals surface area contributed by atoms with Gasteiger partial charge in [-0.15, -0.1) is 0 Å². The summed E-state index contributed by atoms with van der Waals surface area (Å²) in [6, 6.07) is 5.76. The minimum absolute atomic E-state index is 0.257. The monoisotopic (exact) mass is 263 g/mol. The molecule has 0 aromatic heterocycles. The summed E-state index contributed by atoms with van der Waals surface area (Å²) in [6.07, 6.45) is -0.756. The number of halogens is 2. The number of benzene rings is 1. The average molecular weight is 263 g/mol. The molecule has 0 amide bonds. The van der Waals surface area contributed by atoms with E-state index in [1.54, 1.807) is 24.3 Å². The second-order valence-corrected chi connectivity index (χ2v) is 5.55. The molecule has 0 heterocycles. The van der Waals surface area contributed by atoms with E-state index in [1.165, 1.54) is 0 Å². The molecule has 94 valence electrons. The van der Waals surface area contributed by atoms with Crippen molar-refractivity contribution in [3.8, 4) is 0 Å². The van der Waals surface area contributed by atoms with Gasteiger partial charge in [-0.3, -0.25) is 0 Å². The van der Waals surface area contributed by atoms with E-state index < -0.39 is 27.9 Å². The standard InChI is InChI=1S/C10H11F2NO3S/c11-10(12)17(15,16)13-9-7-4-2-1-3-6(7)5-8(9)14/h1-4,8-10,13-14H,5H2. The first-order chi connectivity index (χ1) is 7.92. The Morgan fingerprint density at radius 2 is 2.00 bits per heavy atom. The van der Waals surface area contributed by atoms with E-state index in [0.29, 0.717) is 5.56 Å². The van der Waals surface area contributed by atoms with Gasteiger partial charge in [-0.05, 0) is 11.1 Å². The van der Waals surface area contributed by atoms with Gasteiger partial charge in [0.2, 0.25) is 0 Å². The van der Waals surface area contributed by atoms with Crippen LogP contribution in [0, 0.1) is 0 Å². The molecular formula is C10H11F2NO3S. The molecule has 4 nitrogen and oxygen atoms in total. The van der Waals surface area contributed by atoms with Gasteiger partial charge in [0.05, 0.1) is 12.1 Å². The van der Waals surface area contributed by atoms with E-state index in [2.05, 4.69) is 0 Å². The fraction of sp³-hybridized carbons (Fsp3) is 0.400. The summed E-state index contributed by atoms with van der Waals surface area (Å²) in [5.41, 5.74) is 1.31. The third-order valence-corrected chi connectivity index (χ3v) is 3.78. The van der Waals surface area contributed by atoms with E-state index in [4.69, 9.17) is 0 Å². The zero-order chi connectivity index (χ0) is 12.6. The number of alkyl halides is 2. The Balaban J connectivity index is 2.29. The van der Waals surface area contributed by atoms with Gasteiger partial charge in [-0.2, -0.15) is 8.78 Å². The van der Waals surface area contributed by atoms with Crippen LogP contribution in [0.15, 0.2) is 24.3 Å². The lowest BCUT2D eigenvalue weighted by atomic mass is 10.1. The number of fused-ring (bicyclic) bond motifs is 1. The van der Waals surface area contributed by atoms with Crippen LogP contribution >= 0.6 is 0 Å². The van der Waals surface area contributed by atoms with Crippen molar-refractivity contribution in [1.82, 2.24) is 4.72 Å². The molecule has 1 aromatic rings. The molecule has 2 rings (SSSR count). The predicted octanol–water partition coefficient (Wildman–Crippen LogP) is 0.787. The molecule has 1 aliphatic rings. The van der Waals surface area contributed by atoms with Crippen molar-refractivity contribution in [3.05, 3.63) is 35.4 Å². The lowest BCUT2D eigenvalue weighted by Crippen LogP contribution is -2.37. The minimum atomic E-state index is -4.70. The second-order valence-electron chi connectivity index (χ2n) is 3.87. The fourth-order valence-corrected chi connectivity index (χ4v) is 2.69. The molecule has 2 atom stereocenters. The summed E-state index contributed by atoms with van der Waals surface area (Å²) in [5.74, 6) is -3.50. The predicted molar refractivity (Wildman–Crippen MR) is 57.0 cm³/mol. The van der Waals surface area contributed by atoms with Gasteiger partial charge in [0.1, 0.15) is 0 Å². The highest BCUT2D eigenvalue weighted by molar-refractivity contribution is 7.89. The highest BCUT2D eigenvalue weighted by atomic mass is 32.2. The first-order valence-corrected chi connectivity index (χ1v) is 6.51. The molecule has 2 unspecified atom stereocenters. The third-order valence-electron chi connectivity index (χ3n) is 2.73. The Kier molecular flexibility index (Phi) is 3.15. The lowest BCUT2D eigenvalue weighted by Gasteiger charge is -2.17. The quantitative estimate of drug-likeness (QED) is 0.847. The molecule has 17 heavy (non-hydrogen) atoms. The van der Waals surface area contributed by atoms with Gasteiger partial charge < -0.3 is 5.11 Å². The minimum Gasteiger partial charge on any atom is -0.391 e. The summed E-state index contributed by atoms with van der Waals surface area (Å²) in [7, 11) is -4.70. The molecule has 2 N–H and O–H groups in total. The molecule has 7 heteroatoms. The smallest absolute Gasteiger partial charge is 0.350 e. The van der Waals surface area contributed by atoms with Crippen molar-refractivity contribution < 1.29 is 22.3 Å². The van der Waals surface area contributed by atoms with E-state index in [0.717, 1.165) is 5.56 Å². The van der Waals surface area contributed by atoms with Crippen LogP contribution in [-0.2, 0) is 16.4 Å². The Morgan fingerprint density at radius 1 is 1.35 bits per heavy atom. The van der Waals surface area contributed by atoms with Gasteiger partial charge in [-0.1, -0.05) is 24.3 Å². The molecule has 0 saturated carbocycles. The van der Waals surface area contributed by atoms with Crippen LogP contribution in [0.1, 0.15) is 17.2 Å². The molecule has 0 radical (unpaired) electrons. The molecule has 0 aliphatic heterocycles. The number of sulfonamides is 1. The maximum absolute atomic E-state index is 12.2. The Bertz CT molecular complexity index is 518. The van der Waals surface area contributed by atoms with E-state index >= 15 is 0 Å². The number of aliphatic hydroxyl groups excluding tert-OH is 1. The Morgan fingerprint density at radius 3 is 2.65 bits per heavy atom. The number of nitrogens with one attached hydrogen (secondary N) is 1. The summed E-state index contributed by atoms with van der Waals surface area (Å²) in [6.45, 7) is 0. The number of hydrogen-bond donors (Lipinski definition) is 2. The summed E-state index contributed by atoms with van der Waals surface area (Å²) in [4.78, 5) is 0. The first kappa shape index (κ1) is 12.4. The van der Waals surface area contributed by atoms with E-state index in [9.17, 15) is 22.3 Å². The van der Waals surface area contributed by atoms with Crippen LogP contribution in [0.25, 0.3) is 0 Å². The lowest BCUT2D eigenvalue weighted by molar-refractivity contribution is 0.149. The Hall–Kier alpha value is -1.05. The summed E-state index contributed by atoms with van der Waals surface area (Å²) >= 11 is 0. The van der Waals surface area contributed by atoms with Crippen LogP contribution in [0.2, 0.25) is 0 Å². The molecule has 0 fully saturated rings. The second kappa shape index (κ2) is 4.32. The van der Waals surface area contributed by atoms with Crippen molar-refractivity contribution in [2.24, 2.45) is 0 Å². The summed E-state index contributed by atoms with van der Waals surface area (Å²) < 4.78 is 48.4. The zero-order valence-corrected chi connectivity index (χ0v) is 9.49. The molecule has 1 aliphatic carbocycles. The normalized spacial score (nSPS) is 24.0. The highest BCUT2D eigenvalue weighted by Gasteiger charge is 2.36. The molecule has 1 aromatic carbocycles. The van der Waals surface area contributed by atoms with E-state index in [1.807, 2.05) is 4.72 Å². The van der Waals surface area contributed by atoms with Gasteiger partial charge in [0.25, 0.3) is 10.0 Å². The van der Waals surface area contributed by atoms with Crippen LogP contribution in [0.5, 0.6) is 0 Å². The van der Waals surface area contributed by atoms with Gasteiger partial charge >= 0.3 is 5.76 Å². The number of hydrogen-bond acceptors (Lipinski definition) is 3. The molecule has 0 saturated heterocycles. The molecule has 0 spiro atoms. The van der Waals surface area contributed by atoms with Gasteiger partial charge in [0, 0.05) is 6.42 Å². The maximum atomic E-state index is 12.2. The van der Waals surface area contributed by atoms with Crippen LogP contribution < -0.4 is 4.72 Å². The number of aliphatic hydroxyl groups is 1. The maximum Gasteiger partial charge on any atom is 0.350 e. The Labute approximate surface area is 97.3 Å². The van der Waals surface area contributed by atoms with Crippen LogP contribution in [0.4, 0.5) is 8.78 Å². The van der Waals surface area contributed by atoms with Crippen molar-refractivity contribution in [3.63, 3.8) is 0 Å². The van der Waals surface area contributed by atoms with Crippen molar-refractivity contribution >= 4 is 10.0 Å². The van der Waals surface area contributed by atoms with Crippen molar-refractivity contribution in [1.29, 1.82) is 0 Å². The largest absolute Gasteiger partial charge is 0.391 e. The highest BCUT2D eigenvalue weighted by Crippen LogP contribution is 2.32. The fourth-order valence-electron chi connectivity index (χ4n) is 1.94. The SMILES string of the molecule is O=S(=O)(NC1c2ccccc2CC1O)C(F)F. The van der Waals surface area contributed by atoms with Crippen molar-refractivity contribution in [2.45, 2.75) is 24.3 Å². The first-order valence-electron chi connectivity index (χ1n) is 4.97. The molecule has 0 bridgehead atoms. The van der Waals surface area contributed by atoms with Crippen LogP contribution in [0.3, 0.4) is 0 Å². The topological polar surface area (TPSA) is 66.4 Å². The number of rotatable bonds is 3. The summed E-state index contributed by atoms with van der Waals surface area (Å²) in [5, 5.41) is 9.68. The van der Waals surface area contributed by atoms with Gasteiger partial charge in [-0.25, -0.2) is 13.1 Å². The third kappa shape index (κ3) is 2.31. The molecular weight excluding hydrogens is 252 g/mol. The van der Waals surface area contributed by atoms with Crippen molar-refractivity contribution in [2.75, 3.05) is 0 Å². The van der Waals surface area contributed by atoms with E-state index in [-0.39, 0.29) is 6.42 Å².